The summed E-state index contributed by atoms with van der Waals surface area (Å²) in [4.78, 5) is 2.56. The lowest BCUT2D eigenvalue weighted by Crippen LogP contribution is -2.49. The van der Waals surface area contributed by atoms with Crippen LogP contribution in [0.25, 0.3) is 0 Å². The average molecular weight is 879 g/mol. The van der Waals surface area contributed by atoms with Gasteiger partial charge in [-0.2, -0.15) is 8.42 Å². The van der Waals surface area contributed by atoms with Gasteiger partial charge in [0, 0.05) is 72.5 Å². The van der Waals surface area contributed by atoms with Crippen molar-refractivity contribution in [3.63, 3.8) is 0 Å². The Balaban J connectivity index is 1.19. The Morgan fingerprint density at radius 1 is 0.540 bits per heavy atom. The van der Waals surface area contributed by atoms with Crippen LogP contribution in [0, 0.1) is 5.92 Å². The van der Waals surface area contributed by atoms with Crippen LogP contribution in [0.1, 0.15) is 97.3 Å². The molecule has 0 aromatic heterocycles. The smallest absolute Gasteiger partial charge is 0.264 e. The minimum Gasteiger partial charge on any atom is -0.497 e. The number of benzene rings is 4. The van der Waals surface area contributed by atoms with Gasteiger partial charge in [-0.25, -0.2) is 0 Å². The number of ether oxygens (including phenoxy) is 4. The van der Waals surface area contributed by atoms with E-state index in [1.807, 2.05) is 24.3 Å². The molecule has 0 saturated carbocycles. The molecular formula is C51H66N4O7S. The van der Waals surface area contributed by atoms with Gasteiger partial charge in [0.2, 0.25) is 0 Å². The van der Waals surface area contributed by atoms with Gasteiger partial charge in [-0.05, 0) is 135 Å². The molecule has 5 aliphatic rings. The zero-order valence-corrected chi connectivity index (χ0v) is 38.0. The molecule has 4 aromatic rings. The largest absolute Gasteiger partial charge is 0.497 e. The highest BCUT2D eigenvalue weighted by atomic mass is 32.2. The van der Waals surface area contributed by atoms with E-state index in [1.54, 1.807) is 28.4 Å². The van der Waals surface area contributed by atoms with E-state index < -0.39 is 10.1 Å². The molecule has 0 aliphatic carbocycles. The van der Waals surface area contributed by atoms with Gasteiger partial charge in [-0.1, -0.05) is 48.5 Å². The number of nitrogens with one attached hydrogen (secondary N) is 3. The Bertz CT molecular complexity index is 2290. The molecule has 0 spiro atoms. The zero-order valence-electron chi connectivity index (χ0n) is 37.2. The van der Waals surface area contributed by atoms with E-state index in [4.69, 9.17) is 18.9 Å². The van der Waals surface area contributed by atoms with Gasteiger partial charge >= 0.3 is 0 Å². The van der Waals surface area contributed by atoms with E-state index in [0.717, 1.165) is 74.5 Å². The summed E-state index contributed by atoms with van der Waals surface area (Å²) in [5, 5.41) is 13.0. The lowest BCUT2D eigenvalue weighted by molar-refractivity contribution is 0.199. The highest BCUT2D eigenvalue weighted by molar-refractivity contribution is 7.85. The van der Waals surface area contributed by atoms with Crippen molar-refractivity contribution < 1.29 is 31.9 Å². The zero-order chi connectivity index (χ0) is 43.7. The van der Waals surface area contributed by atoms with Crippen LogP contribution in [0.2, 0.25) is 0 Å². The third-order valence-electron chi connectivity index (χ3n) is 15.4. The van der Waals surface area contributed by atoms with Crippen LogP contribution in [-0.2, 0) is 10.1 Å². The molecule has 5 fully saturated rings. The predicted octanol–water partition coefficient (Wildman–Crippen LogP) is 7.50. The summed E-state index contributed by atoms with van der Waals surface area (Å²) >= 11 is 0. The van der Waals surface area contributed by atoms with Gasteiger partial charge in [-0.15, -0.1) is 0 Å². The van der Waals surface area contributed by atoms with E-state index in [9.17, 15) is 13.0 Å². The lowest BCUT2D eigenvalue weighted by Gasteiger charge is -2.38. The highest BCUT2D eigenvalue weighted by Crippen LogP contribution is 2.49. The van der Waals surface area contributed by atoms with E-state index >= 15 is 0 Å². The molecule has 63 heavy (non-hydrogen) atoms. The van der Waals surface area contributed by atoms with Crippen LogP contribution in [0.3, 0.4) is 0 Å². The second-order valence-corrected chi connectivity index (χ2v) is 20.4. The molecule has 338 valence electrons. The quantitative estimate of drug-likeness (QED) is 0.106. The van der Waals surface area contributed by atoms with Crippen LogP contribution < -0.4 is 34.9 Å². The van der Waals surface area contributed by atoms with Gasteiger partial charge in [0.15, 0.2) is 0 Å². The van der Waals surface area contributed by atoms with Crippen molar-refractivity contribution in [2.75, 3.05) is 47.3 Å². The molecule has 9 rings (SSSR count). The van der Waals surface area contributed by atoms with Crippen molar-refractivity contribution in [1.29, 1.82) is 0 Å². The Morgan fingerprint density at radius 3 is 1.27 bits per heavy atom. The van der Waals surface area contributed by atoms with E-state index in [0.29, 0.717) is 13.0 Å². The lowest BCUT2D eigenvalue weighted by atomic mass is 9.76. The number of fused-ring (bicyclic) bond motifs is 8. The highest BCUT2D eigenvalue weighted by Gasteiger charge is 2.51. The first-order valence-corrected chi connectivity index (χ1v) is 24.8. The van der Waals surface area contributed by atoms with Crippen molar-refractivity contribution in [3.05, 3.63) is 119 Å². The topological polar surface area (TPSA) is 131 Å². The summed E-state index contributed by atoms with van der Waals surface area (Å²) in [5.41, 5.74) is 5.09. The van der Waals surface area contributed by atoms with Crippen molar-refractivity contribution in [1.82, 2.24) is 20.9 Å². The van der Waals surface area contributed by atoms with Gasteiger partial charge in [0.1, 0.15) is 23.0 Å². The van der Waals surface area contributed by atoms with Crippen molar-refractivity contribution in [2.45, 2.75) is 117 Å². The van der Waals surface area contributed by atoms with Gasteiger partial charge in [-0.3, -0.25) is 9.45 Å². The van der Waals surface area contributed by atoms with Crippen LogP contribution in [0.4, 0.5) is 0 Å². The monoisotopic (exact) mass is 878 g/mol. The van der Waals surface area contributed by atoms with Crippen LogP contribution >= 0.6 is 0 Å². The normalized spacial score (nSPS) is 32.1. The van der Waals surface area contributed by atoms with Crippen molar-refractivity contribution >= 4 is 10.1 Å². The maximum Gasteiger partial charge on any atom is 0.264 e. The molecule has 4 aromatic carbocycles. The fourth-order valence-corrected chi connectivity index (χ4v) is 13.3. The predicted molar refractivity (Wildman–Crippen MR) is 247 cm³/mol. The minimum atomic E-state index is -4.12. The van der Waals surface area contributed by atoms with Gasteiger partial charge < -0.3 is 34.9 Å². The molecule has 12 heteroatoms. The third kappa shape index (κ3) is 9.49. The second-order valence-electron chi connectivity index (χ2n) is 18.8. The standard InChI is InChI=1S/C51H66N4O7S/c1-59-37-14-5-10-32(26-37)48-36-30-47(55(31-36)24-9-25-63(56,57)58)51(35-13-8-17-40(29-35)62-4)46-23-22-45(54-46)50(34-12-7-16-39(28-34)61-3)44-21-20-43(53-44)49(42-19-18-41(48)52-42)33-11-6-15-38(27-33)60-2/h5-8,10-17,26-29,36,41-54H,9,18-25,30-31H2,1-4H3,(H,56,57,58). The molecule has 4 N–H and O–H groups in total. The summed E-state index contributed by atoms with van der Waals surface area (Å²) in [7, 11) is 2.86. The van der Waals surface area contributed by atoms with Crippen LogP contribution in [0.15, 0.2) is 97.1 Å². The van der Waals surface area contributed by atoms with Crippen molar-refractivity contribution in [3.8, 4) is 23.0 Å². The minimum absolute atomic E-state index is 0.0941. The molecule has 12 atom stereocenters. The molecule has 12 unspecified atom stereocenters. The number of nitrogens with zero attached hydrogens (tertiary/aromatic N) is 1. The summed E-state index contributed by atoms with van der Waals surface area (Å²) < 4.78 is 57.6. The first kappa shape index (κ1) is 44.1. The summed E-state index contributed by atoms with van der Waals surface area (Å²) in [6.45, 7) is 1.39. The summed E-state index contributed by atoms with van der Waals surface area (Å²) in [6.07, 6.45) is 7.52. The number of rotatable bonds is 12. The molecule has 11 nitrogen and oxygen atoms in total. The average Bonchev–Trinajstić information content (AvgIpc) is 4.14. The number of methoxy groups -OCH3 is 4. The third-order valence-corrected chi connectivity index (χ3v) is 16.2. The molecule has 0 radical (unpaired) electrons. The summed E-state index contributed by atoms with van der Waals surface area (Å²) in [5.74, 6) is 4.12. The fourth-order valence-electron chi connectivity index (χ4n) is 12.9. The molecular weight excluding hydrogens is 813 g/mol. The Kier molecular flexibility index (Phi) is 13.4. The van der Waals surface area contributed by atoms with Gasteiger partial charge in [0.05, 0.1) is 34.2 Å². The molecule has 5 saturated heterocycles. The van der Waals surface area contributed by atoms with E-state index in [1.165, 1.54) is 22.3 Å². The molecule has 0 amide bonds. The Morgan fingerprint density at radius 2 is 0.889 bits per heavy atom. The number of hydrogen-bond acceptors (Lipinski definition) is 10. The van der Waals surface area contributed by atoms with Crippen LogP contribution in [-0.4, -0.2) is 107 Å². The fraction of sp³-hybridized carbons (Fsp3) is 0.529. The summed E-state index contributed by atoms with van der Waals surface area (Å²) in [6, 6.07) is 36.1. The molecule has 8 bridgehead atoms. The van der Waals surface area contributed by atoms with E-state index in [-0.39, 0.29) is 77.6 Å². The van der Waals surface area contributed by atoms with E-state index in [2.05, 4.69) is 93.6 Å². The van der Waals surface area contributed by atoms with Crippen LogP contribution in [0.5, 0.6) is 23.0 Å². The number of hydrogen-bond donors (Lipinski definition) is 4. The first-order valence-electron chi connectivity index (χ1n) is 23.2. The maximum atomic E-state index is 12.2. The SMILES string of the molecule is COc1cccc(C2C3CC(C(c4cccc(OC)c4)C4CCC(N4)C(c4cccc(OC)c4)C4CCC(N4)C(c4cccc(OC)c4)C4CCC2N4)N(CCCS(=O)(=O)O)C3)c1. The Labute approximate surface area is 374 Å². The second kappa shape index (κ2) is 19.1. The van der Waals surface area contributed by atoms with Gasteiger partial charge in [0.25, 0.3) is 10.1 Å². The molecule has 5 aliphatic heterocycles. The molecule has 5 heterocycles. The number of likely N-dealkylation sites (tertiary alicyclic amines) is 1. The van der Waals surface area contributed by atoms with Crippen molar-refractivity contribution in [2.24, 2.45) is 5.92 Å². The Hall–Kier alpha value is -4.17. The first-order chi connectivity index (χ1) is 30.6. The maximum absolute atomic E-state index is 12.2.